The van der Waals surface area contributed by atoms with Crippen LogP contribution in [0.1, 0.15) is 24.5 Å². The molecule has 2 aliphatic rings. The van der Waals surface area contributed by atoms with E-state index in [1.165, 1.54) is 4.57 Å². The molecule has 5 rings (SSSR count). The lowest BCUT2D eigenvalue weighted by Gasteiger charge is -2.34. The second-order valence-electron chi connectivity index (χ2n) is 9.09. The number of pyridine rings is 1. The van der Waals surface area contributed by atoms with Crippen molar-refractivity contribution in [2.24, 2.45) is 5.92 Å². The number of aromatic nitrogens is 2. The zero-order chi connectivity index (χ0) is 23.3. The number of halogens is 2. The molecule has 1 atom stereocenters. The monoisotopic (exact) mass is 472 g/mol. The van der Waals surface area contributed by atoms with Crippen LogP contribution in [0, 0.1) is 12.8 Å². The minimum atomic E-state index is -2.66. The molecule has 1 saturated carbocycles. The van der Waals surface area contributed by atoms with Gasteiger partial charge in [0.15, 0.2) is 0 Å². The summed E-state index contributed by atoms with van der Waals surface area (Å²) in [6.07, 6.45) is -0.155. The van der Waals surface area contributed by atoms with Gasteiger partial charge in [0.2, 0.25) is 5.91 Å². The molecule has 0 N–H and O–H groups in total. The standard InChI is InChI=1S/C24H26F2N4O2S/c1-15-3-4-17(13-28-7-9-29(10-8-28)16(2)31)11-19(15)20-5-6-21-22(27-20)33-23(32)30(21)14-18-12-24(18,25)26/h3-6,11,18H,7-10,12-14H2,1-2H3. The summed E-state index contributed by atoms with van der Waals surface area (Å²) in [5, 5.41) is 0. The Hall–Kier alpha value is -2.65. The first-order valence-electron chi connectivity index (χ1n) is 11.2. The Morgan fingerprint density at radius 1 is 1.18 bits per heavy atom. The van der Waals surface area contributed by atoms with E-state index < -0.39 is 11.8 Å². The quantitative estimate of drug-likeness (QED) is 0.568. The second kappa shape index (κ2) is 8.29. The molecule has 9 heteroatoms. The SMILES string of the molecule is CC(=O)N1CCN(Cc2ccc(C)c(-c3ccc4c(n3)sc(=O)n4CC3CC3(F)F)c2)CC1. The molecule has 0 radical (unpaired) electrons. The molecular weight excluding hydrogens is 446 g/mol. The summed E-state index contributed by atoms with van der Waals surface area (Å²) in [7, 11) is 0. The van der Waals surface area contributed by atoms with Crippen molar-refractivity contribution in [3.05, 3.63) is 51.1 Å². The Balaban J connectivity index is 1.37. The van der Waals surface area contributed by atoms with Gasteiger partial charge in [0.25, 0.3) is 5.92 Å². The molecule has 174 valence electrons. The first kappa shape index (κ1) is 22.2. The van der Waals surface area contributed by atoms with Gasteiger partial charge in [-0.25, -0.2) is 13.8 Å². The van der Waals surface area contributed by atoms with Crippen molar-refractivity contribution in [1.29, 1.82) is 0 Å². The number of rotatable bonds is 5. The molecule has 2 fully saturated rings. The van der Waals surface area contributed by atoms with Crippen molar-refractivity contribution in [2.75, 3.05) is 26.2 Å². The lowest BCUT2D eigenvalue weighted by molar-refractivity contribution is -0.130. The fourth-order valence-electron chi connectivity index (χ4n) is 4.48. The summed E-state index contributed by atoms with van der Waals surface area (Å²) in [6, 6.07) is 10.0. The second-order valence-corrected chi connectivity index (χ2v) is 10.0. The highest BCUT2D eigenvalue weighted by atomic mass is 32.1. The van der Waals surface area contributed by atoms with Gasteiger partial charge in [-0.3, -0.25) is 19.1 Å². The van der Waals surface area contributed by atoms with Crippen LogP contribution in [0.5, 0.6) is 0 Å². The van der Waals surface area contributed by atoms with Crippen molar-refractivity contribution in [3.63, 3.8) is 0 Å². The van der Waals surface area contributed by atoms with Crippen LogP contribution in [0.2, 0.25) is 0 Å². The van der Waals surface area contributed by atoms with Gasteiger partial charge in [-0.1, -0.05) is 23.5 Å². The molecule has 1 amide bonds. The van der Waals surface area contributed by atoms with Crippen LogP contribution in [0.25, 0.3) is 21.6 Å². The van der Waals surface area contributed by atoms with Gasteiger partial charge in [0.05, 0.1) is 11.2 Å². The summed E-state index contributed by atoms with van der Waals surface area (Å²) in [5.41, 5.74) is 4.63. The highest BCUT2D eigenvalue weighted by molar-refractivity contribution is 7.16. The zero-order valence-corrected chi connectivity index (χ0v) is 19.5. The number of fused-ring (bicyclic) bond motifs is 1. The van der Waals surface area contributed by atoms with Crippen LogP contribution in [-0.2, 0) is 17.9 Å². The maximum absolute atomic E-state index is 13.4. The number of aryl methyl sites for hydroxylation is 1. The average molecular weight is 473 g/mol. The molecule has 1 saturated heterocycles. The van der Waals surface area contributed by atoms with Crippen molar-refractivity contribution >= 4 is 27.6 Å². The van der Waals surface area contributed by atoms with Crippen LogP contribution in [0.3, 0.4) is 0 Å². The molecule has 2 aromatic heterocycles. The van der Waals surface area contributed by atoms with Gasteiger partial charge in [0.1, 0.15) is 4.83 Å². The number of carbonyl (C=O) groups is 1. The van der Waals surface area contributed by atoms with Crippen molar-refractivity contribution in [3.8, 4) is 11.3 Å². The van der Waals surface area contributed by atoms with E-state index in [9.17, 15) is 18.4 Å². The van der Waals surface area contributed by atoms with Crippen molar-refractivity contribution in [1.82, 2.24) is 19.4 Å². The number of nitrogens with zero attached hydrogens (tertiary/aromatic N) is 4. The van der Waals surface area contributed by atoms with Gasteiger partial charge in [-0.05, 0) is 36.2 Å². The van der Waals surface area contributed by atoms with E-state index in [2.05, 4.69) is 23.1 Å². The van der Waals surface area contributed by atoms with Crippen molar-refractivity contribution < 1.29 is 13.6 Å². The maximum atomic E-state index is 13.4. The first-order chi connectivity index (χ1) is 15.7. The fraction of sp³-hybridized carbons (Fsp3) is 0.458. The molecule has 3 heterocycles. The number of thiazole rings is 1. The Kier molecular flexibility index (Phi) is 5.56. The lowest BCUT2D eigenvalue weighted by Crippen LogP contribution is -2.47. The van der Waals surface area contributed by atoms with Crippen LogP contribution in [0.15, 0.2) is 35.1 Å². The smallest absolute Gasteiger partial charge is 0.309 e. The number of carbonyl (C=O) groups excluding carboxylic acids is 1. The molecule has 6 nitrogen and oxygen atoms in total. The van der Waals surface area contributed by atoms with Gasteiger partial charge >= 0.3 is 4.87 Å². The molecule has 1 aromatic carbocycles. The third kappa shape index (κ3) is 4.44. The summed E-state index contributed by atoms with van der Waals surface area (Å²) < 4.78 is 28.2. The number of piperazine rings is 1. The third-order valence-corrected chi connectivity index (χ3v) is 7.58. The van der Waals surface area contributed by atoms with Crippen LogP contribution in [-0.4, -0.2) is 57.4 Å². The van der Waals surface area contributed by atoms with E-state index in [4.69, 9.17) is 4.98 Å². The molecule has 1 aliphatic heterocycles. The molecule has 0 spiro atoms. The Labute approximate surface area is 194 Å². The molecule has 1 unspecified atom stereocenters. The summed E-state index contributed by atoms with van der Waals surface area (Å²) >= 11 is 1.01. The minimum Gasteiger partial charge on any atom is -0.340 e. The Morgan fingerprint density at radius 3 is 2.58 bits per heavy atom. The normalized spacial score (nSPS) is 20.4. The van der Waals surface area contributed by atoms with E-state index in [0.29, 0.717) is 10.3 Å². The number of amides is 1. The zero-order valence-electron chi connectivity index (χ0n) is 18.7. The highest BCUT2D eigenvalue weighted by Gasteiger charge is 2.56. The van der Waals surface area contributed by atoms with E-state index >= 15 is 0 Å². The predicted octanol–water partition coefficient (Wildman–Crippen LogP) is 3.75. The summed E-state index contributed by atoms with van der Waals surface area (Å²) in [5.74, 6) is -3.29. The van der Waals surface area contributed by atoms with E-state index in [-0.39, 0.29) is 23.7 Å². The van der Waals surface area contributed by atoms with Gasteiger partial charge in [-0.2, -0.15) is 0 Å². The Bertz CT molecular complexity index is 1280. The van der Waals surface area contributed by atoms with E-state index in [1.807, 2.05) is 24.0 Å². The summed E-state index contributed by atoms with van der Waals surface area (Å²) in [6.45, 7) is 7.64. The van der Waals surface area contributed by atoms with Crippen LogP contribution in [0.4, 0.5) is 8.78 Å². The topological polar surface area (TPSA) is 58.4 Å². The predicted molar refractivity (Wildman–Crippen MR) is 125 cm³/mol. The average Bonchev–Trinajstić information content (AvgIpc) is 3.26. The lowest BCUT2D eigenvalue weighted by atomic mass is 10.0. The third-order valence-electron chi connectivity index (χ3n) is 6.70. The number of benzene rings is 1. The molecule has 0 bridgehead atoms. The largest absolute Gasteiger partial charge is 0.340 e. The molecule has 1 aliphatic carbocycles. The fourth-order valence-corrected chi connectivity index (χ4v) is 5.36. The van der Waals surface area contributed by atoms with Gasteiger partial charge in [-0.15, -0.1) is 0 Å². The highest BCUT2D eigenvalue weighted by Crippen LogP contribution is 2.49. The van der Waals surface area contributed by atoms with Crippen LogP contribution >= 0.6 is 11.3 Å². The van der Waals surface area contributed by atoms with Gasteiger partial charge < -0.3 is 4.90 Å². The number of hydrogen-bond donors (Lipinski definition) is 0. The molecule has 3 aromatic rings. The van der Waals surface area contributed by atoms with E-state index in [1.54, 1.807) is 6.92 Å². The number of hydrogen-bond acceptors (Lipinski definition) is 5. The first-order valence-corrected chi connectivity index (χ1v) is 12.0. The minimum absolute atomic E-state index is 0.0399. The number of alkyl halides is 2. The maximum Gasteiger partial charge on any atom is 0.309 e. The molecular formula is C24H26F2N4O2S. The van der Waals surface area contributed by atoms with Crippen molar-refractivity contribution in [2.45, 2.75) is 39.3 Å². The van der Waals surface area contributed by atoms with Gasteiger partial charge in [0, 0.05) is 64.1 Å². The van der Waals surface area contributed by atoms with E-state index in [0.717, 1.165) is 66.4 Å². The summed E-state index contributed by atoms with van der Waals surface area (Å²) in [4.78, 5) is 33.2. The van der Waals surface area contributed by atoms with Crippen LogP contribution < -0.4 is 4.87 Å². The molecule has 33 heavy (non-hydrogen) atoms. The Morgan fingerprint density at radius 2 is 1.91 bits per heavy atom.